The van der Waals surface area contributed by atoms with Gasteiger partial charge in [-0.15, -0.1) is 0 Å². The number of urea groups is 1. The highest BCUT2D eigenvalue weighted by Crippen LogP contribution is 2.24. The zero-order chi connectivity index (χ0) is 15.3. The van der Waals surface area contributed by atoms with E-state index in [0.29, 0.717) is 6.42 Å². The molecular weight excluding hydrogens is 244 g/mol. The average Bonchev–Trinajstić information content (AvgIpc) is 2.21. The molecule has 0 heterocycles. The van der Waals surface area contributed by atoms with E-state index >= 15 is 0 Å². The van der Waals surface area contributed by atoms with Crippen molar-refractivity contribution in [3.05, 3.63) is 0 Å². The van der Waals surface area contributed by atoms with Gasteiger partial charge in [-0.2, -0.15) is 0 Å². The summed E-state index contributed by atoms with van der Waals surface area (Å²) >= 11 is 0. The van der Waals surface area contributed by atoms with E-state index in [0.717, 1.165) is 6.42 Å². The molecule has 0 aliphatic rings. The van der Waals surface area contributed by atoms with Crippen molar-refractivity contribution < 1.29 is 14.7 Å². The van der Waals surface area contributed by atoms with E-state index in [2.05, 4.69) is 10.6 Å². The van der Waals surface area contributed by atoms with Gasteiger partial charge >= 0.3 is 12.0 Å². The third-order valence-electron chi connectivity index (χ3n) is 3.05. The molecule has 19 heavy (non-hydrogen) atoms. The molecule has 0 bridgehead atoms. The summed E-state index contributed by atoms with van der Waals surface area (Å²) in [5, 5.41) is 14.6. The first-order chi connectivity index (χ1) is 8.47. The van der Waals surface area contributed by atoms with Crippen molar-refractivity contribution in [1.82, 2.24) is 10.6 Å². The molecule has 0 aromatic carbocycles. The van der Waals surface area contributed by atoms with Crippen LogP contribution in [-0.4, -0.2) is 29.2 Å². The van der Waals surface area contributed by atoms with Crippen LogP contribution in [0.15, 0.2) is 0 Å². The summed E-state index contributed by atoms with van der Waals surface area (Å²) in [6.07, 6.45) is 1.34. The van der Waals surface area contributed by atoms with Crippen LogP contribution in [0.2, 0.25) is 0 Å². The average molecular weight is 272 g/mol. The maximum absolute atomic E-state index is 11.7. The third-order valence-corrected chi connectivity index (χ3v) is 3.05. The molecule has 0 aliphatic heterocycles. The molecule has 0 radical (unpaired) electrons. The van der Waals surface area contributed by atoms with Crippen molar-refractivity contribution in [3.63, 3.8) is 0 Å². The molecule has 5 heteroatoms. The molecule has 2 amide bonds. The zero-order valence-corrected chi connectivity index (χ0v) is 13.0. The highest BCUT2D eigenvalue weighted by molar-refractivity contribution is 5.76. The monoisotopic (exact) mass is 272 g/mol. The maximum Gasteiger partial charge on any atom is 0.315 e. The SMILES string of the molecule is CCC(C)(C)NC(=O)NCC(CC(C)(C)C)C(=O)O. The highest BCUT2D eigenvalue weighted by Gasteiger charge is 2.25. The van der Waals surface area contributed by atoms with Crippen molar-refractivity contribution in [2.24, 2.45) is 11.3 Å². The molecule has 3 N–H and O–H groups in total. The second-order valence-electron chi connectivity index (χ2n) is 6.87. The number of amides is 2. The normalized spacial score (nSPS) is 13.8. The first-order valence-electron chi connectivity index (χ1n) is 6.75. The Hall–Kier alpha value is -1.26. The van der Waals surface area contributed by atoms with E-state index in [-0.39, 0.29) is 23.5 Å². The van der Waals surface area contributed by atoms with Gasteiger partial charge in [0.1, 0.15) is 0 Å². The van der Waals surface area contributed by atoms with E-state index in [1.165, 1.54) is 0 Å². The van der Waals surface area contributed by atoms with E-state index in [4.69, 9.17) is 5.11 Å². The Morgan fingerprint density at radius 2 is 1.68 bits per heavy atom. The molecule has 0 aromatic heterocycles. The lowest BCUT2D eigenvalue weighted by molar-refractivity contribution is -0.142. The lowest BCUT2D eigenvalue weighted by atomic mass is 9.84. The lowest BCUT2D eigenvalue weighted by Gasteiger charge is -2.26. The van der Waals surface area contributed by atoms with Crippen LogP contribution in [0.4, 0.5) is 4.79 Å². The lowest BCUT2D eigenvalue weighted by Crippen LogP contribution is -2.49. The summed E-state index contributed by atoms with van der Waals surface area (Å²) in [5.74, 6) is -1.43. The highest BCUT2D eigenvalue weighted by atomic mass is 16.4. The number of carbonyl (C=O) groups is 2. The fourth-order valence-electron chi connectivity index (χ4n) is 1.64. The van der Waals surface area contributed by atoms with Crippen molar-refractivity contribution >= 4 is 12.0 Å². The molecule has 1 atom stereocenters. The molecule has 1 unspecified atom stereocenters. The van der Waals surface area contributed by atoms with Crippen LogP contribution in [0.3, 0.4) is 0 Å². The van der Waals surface area contributed by atoms with Gasteiger partial charge in [0, 0.05) is 12.1 Å². The van der Waals surface area contributed by atoms with Gasteiger partial charge in [-0.3, -0.25) is 4.79 Å². The summed E-state index contributed by atoms with van der Waals surface area (Å²) in [6.45, 7) is 12.0. The predicted molar refractivity (Wildman–Crippen MR) is 76.1 cm³/mol. The largest absolute Gasteiger partial charge is 0.481 e. The zero-order valence-electron chi connectivity index (χ0n) is 13.0. The van der Waals surface area contributed by atoms with Gasteiger partial charge < -0.3 is 15.7 Å². The summed E-state index contributed by atoms with van der Waals surface area (Å²) in [7, 11) is 0. The number of hydrogen-bond donors (Lipinski definition) is 3. The smallest absolute Gasteiger partial charge is 0.315 e. The first kappa shape index (κ1) is 17.7. The topological polar surface area (TPSA) is 78.4 Å². The van der Waals surface area contributed by atoms with E-state index < -0.39 is 11.9 Å². The van der Waals surface area contributed by atoms with Crippen molar-refractivity contribution in [3.8, 4) is 0 Å². The molecule has 112 valence electrons. The summed E-state index contributed by atoms with van der Waals surface area (Å²) in [6, 6.07) is -0.313. The maximum atomic E-state index is 11.7. The van der Waals surface area contributed by atoms with Gasteiger partial charge in [0.15, 0.2) is 0 Å². The molecular formula is C14H28N2O3. The van der Waals surface area contributed by atoms with Gasteiger partial charge in [0.2, 0.25) is 0 Å². The van der Waals surface area contributed by atoms with Crippen LogP contribution in [0.25, 0.3) is 0 Å². The van der Waals surface area contributed by atoms with Crippen LogP contribution in [0.1, 0.15) is 54.4 Å². The van der Waals surface area contributed by atoms with Gasteiger partial charge in [0.25, 0.3) is 0 Å². The molecule has 0 rings (SSSR count). The number of carboxylic acids is 1. The van der Waals surface area contributed by atoms with E-state index in [1.54, 1.807) is 0 Å². The first-order valence-corrected chi connectivity index (χ1v) is 6.75. The summed E-state index contributed by atoms with van der Waals surface area (Å²) < 4.78 is 0. The fraction of sp³-hybridized carbons (Fsp3) is 0.857. The molecule has 0 aromatic rings. The van der Waals surface area contributed by atoms with Crippen LogP contribution in [0.5, 0.6) is 0 Å². The Morgan fingerprint density at radius 3 is 2.05 bits per heavy atom. The molecule has 0 saturated carbocycles. The number of carbonyl (C=O) groups excluding carboxylic acids is 1. The molecule has 5 nitrogen and oxygen atoms in total. The Kier molecular flexibility index (Phi) is 6.33. The summed E-state index contributed by atoms with van der Waals surface area (Å²) in [5.41, 5.74) is -0.364. The van der Waals surface area contributed by atoms with Gasteiger partial charge in [-0.25, -0.2) is 4.79 Å². The van der Waals surface area contributed by atoms with Crippen molar-refractivity contribution in [2.75, 3.05) is 6.54 Å². The Balaban J connectivity index is 4.34. The Morgan fingerprint density at radius 1 is 1.16 bits per heavy atom. The molecule has 0 aliphatic carbocycles. The molecule has 0 spiro atoms. The predicted octanol–water partition coefficient (Wildman–Crippen LogP) is 2.61. The van der Waals surface area contributed by atoms with Crippen LogP contribution in [-0.2, 0) is 4.79 Å². The second kappa shape index (κ2) is 6.78. The third kappa shape index (κ3) is 8.46. The van der Waals surface area contributed by atoms with Crippen LogP contribution in [0, 0.1) is 11.3 Å². The van der Waals surface area contributed by atoms with Gasteiger partial charge in [-0.05, 0) is 32.1 Å². The second-order valence-corrected chi connectivity index (χ2v) is 6.87. The molecule has 0 fully saturated rings. The minimum absolute atomic E-state index is 0.0795. The van der Waals surface area contributed by atoms with Gasteiger partial charge in [-0.1, -0.05) is 27.7 Å². The van der Waals surface area contributed by atoms with Crippen molar-refractivity contribution in [1.29, 1.82) is 0 Å². The van der Waals surface area contributed by atoms with Gasteiger partial charge in [0.05, 0.1) is 5.92 Å². The van der Waals surface area contributed by atoms with Crippen molar-refractivity contribution in [2.45, 2.75) is 59.9 Å². The standard InChI is InChI=1S/C14H28N2O3/c1-7-14(5,6)16-12(19)15-9-10(11(17)18)8-13(2,3)4/h10H,7-9H2,1-6H3,(H,17,18)(H2,15,16,19). The fourth-order valence-corrected chi connectivity index (χ4v) is 1.64. The minimum Gasteiger partial charge on any atom is -0.481 e. The minimum atomic E-state index is -0.870. The van der Waals surface area contributed by atoms with Crippen LogP contribution >= 0.6 is 0 Å². The Bertz CT molecular complexity index is 319. The number of aliphatic carboxylic acids is 1. The quantitative estimate of drug-likeness (QED) is 0.695. The Labute approximate surface area is 116 Å². The number of hydrogen-bond acceptors (Lipinski definition) is 2. The number of rotatable bonds is 6. The number of nitrogens with one attached hydrogen (secondary N) is 2. The molecule has 0 saturated heterocycles. The summed E-state index contributed by atoms with van der Waals surface area (Å²) in [4.78, 5) is 22.9. The van der Waals surface area contributed by atoms with E-state index in [1.807, 2.05) is 41.5 Å². The van der Waals surface area contributed by atoms with E-state index in [9.17, 15) is 9.59 Å². The van der Waals surface area contributed by atoms with Crippen LogP contribution < -0.4 is 10.6 Å². The number of carboxylic acid groups (broad SMARTS) is 1.